The lowest BCUT2D eigenvalue weighted by Gasteiger charge is -2.29. The van der Waals surface area contributed by atoms with Crippen molar-refractivity contribution in [3.8, 4) is 17.6 Å². The number of benzene rings is 1. The molecule has 164 valence electrons. The molecule has 2 N–H and O–H groups in total. The Balaban J connectivity index is 1.48. The summed E-state index contributed by atoms with van der Waals surface area (Å²) in [6.07, 6.45) is 1.66. The molecule has 3 rings (SSSR count). The number of rotatable bonds is 8. The molecule has 1 unspecified atom stereocenters. The molecule has 0 aromatic heterocycles. The van der Waals surface area contributed by atoms with Crippen LogP contribution in [-0.2, 0) is 11.3 Å². The second kappa shape index (κ2) is 11.2. The van der Waals surface area contributed by atoms with Crippen LogP contribution < -0.4 is 14.8 Å². The fourth-order valence-electron chi connectivity index (χ4n) is 3.94. The summed E-state index contributed by atoms with van der Waals surface area (Å²) in [5, 5.41) is 22.2. The number of nitriles is 1. The molecule has 0 aliphatic carbocycles. The Morgan fingerprint density at radius 1 is 1.23 bits per heavy atom. The average molecular weight is 417 g/mol. The van der Waals surface area contributed by atoms with E-state index in [1.165, 1.54) is 0 Å². The first kappa shape index (κ1) is 22.3. The minimum atomic E-state index is -0.649. The molecule has 0 radical (unpaired) electrons. The van der Waals surface area contributed by atoms with Gasteiger partial charge in [-0.05, 0) is 43.6 Å². The van der Waals surface area contributed by atoms with E-state index in [1.807, 2.05) is 18.2 Å². The normalized spacial score (nSPS) is 20.1. The molecule has 1 atom stereocenters. The van der Waals surface area contributed by atoms with Gasteiger partial charge < -0.3 is 19.9 Å². The molecule has 30 heavy (non-hydrogen) atoms. The summed E-state index contributed by atoms with van der Waals surface area (Å²) in [5.74, 6) is 1.50. The van der Waals surface area contributed by atoms with Gasteiger partial charge in [-0.25, -0.2) is 0 Å². The van der Waals surface area contributed by atoms with Gasteiger partial charge in [0, 0.05) is 45.1 Å². The molecule has 2 heterocycles. The van der Waals surface area contributed by atoms with Crippen molar-refractivity contribution in [1.82, 2.24) is 15.1 Å². The van der Waals surface area contributed by atoms with E-state index in [-0.39, 0.29) is 18.4 Å². The number of carbonyl (C=O) groups excluding carboxylic acids is 1. The van der Waals surface area contributed by atoms with E-state index in [9.17, 15) is 9.90 Å². The molecular formula is C22H32N4O4. The lowest BCUT2D eigenvalue weighted by molar-refractivity contribution is -0.120. The number of likely N-dealkylation sites (tertiary alicyclic amines) is 1. The summed E-state index contributed by atoms with van der Waals surface area (Å²) in [6.45, 7) is 5.29. The van der Waals surface area contributed by atoms with Crippen molar-refractivity contribution >= 4 is 5.91 Å². The van der Waals surface area contributed by atoms with E-state index >= 15 is 0 Å². The average Bonchev–Trinajstić information content (AvgIpc) is 2.97. The van der Waals surface area contributed by atoms with Crippen molar-refractivity contribution in [3.05, 3.63) is 23.8 Å². The number of nitrogens with zero attached hydrogens (tertiary/aromatic N) is 3. The summed E-state index contributed by atoms with van der Waals surface area (Å²) in [6, 6.07) is 8.25. The maximum Gasteiger partial charge on any atom is 0.221 e. The molecule has 1 aromatic carbocycles. The number of hydrogen-bond donors (Lipinski definition) is 2. The highest BCUT2D eigenvalue weighted by Crippen LogP contribution is 2.29. The lowest BCUT2D eigenvalue weighted by atomic mass is 9.98. The predicted molar refractivity (Wildman–Crippen MR) is 112 cm³/mol. The molecule has 1 amide bonds. The van der Waals surface area contributed by atoms with E-state index < -0.39 is 6.10 Å². The maximum atomic E-state index is 11.4. The van der Waals surface area contributed by atoms with Crippen LogP contribution >= 0.6 is 0 Å². The first-order valence-electron chi connectivity index (χ1n) is 10.7. The first-order chi connectivity index (χ1) is 14.6. The summed E-state index contributed by atoms with van der Waals surface area (Å²) >= 11 is 0. The van der Waals surface area contributed by atoms with Gasteiger partial charge in [0.05, 0.1) is 13.2 Å². The zero-order valence-electron chi connectivity index (χ0n) is 17.7. The highest BCUT2D eigenvalue weighted by molar-refractivity contribution is 5.76. The zero-order valence-corrected chi connectivity index (χ0v) is 17.7. The molecule has 2 fully saturated rings. The number of β-amino-alcohol motifs (C(OH)–C–C–N with tert-alkyl or cyclic N) is 1. The number of aliphatic hydroxyl groups excluding tert-OH is 1. The van der Waals surface area contributed by atoms with Crippen LogP contribution in [0.5, 0.6) is 11.5 Å². The van der Waals surface area contributed by atoms with Crippen molar-refractivity contribution in [1.29, 1.82) is 5.26 Å². The van der Waals surface area contributed by atoms with E-state index in [0.29, 0.717) is 37.6 Å². The zero-order chi connectivity index (χ0) is 21.3. The number of amides is 1. The Morgan fingerprint density at radius 3 is 2.77 bits per heavy atom. The van der Waals surface area contributed by atoms with Gasteiger partial charge in [0.2, 0.25) is 5.91 Å². The molecule has 8 nitrogen and oxygen atoms in total. The highest BCUT2D eigenvalue weighted by Gasteiger charge is 2.20. The number of carbonyl (C=O) groups is 1. The van der Waals surface area contributed by atoms with Gasteiger partial charge in [-0.15, -0.1) is 0 Å². The quantitative estimate of drug-likeness (QED) is 0.652. The van der Waals surface area contributed by atoms with Gasteiger partial charge >= 0.3 is 0 Å². The minimum Gasteiger partial charge on any atom is -0.493 e. The van der Waals surface area contributed by atoms with Crippen molar-refractivity contribution in [2.45, 2.75) is 31.9 Å². The number of hydrogen-bond acceptors (Lipinski definition) is 7. The third-order valence-electron chi connectivity index (χ3n) is 5.71. The third kappa shape index (κ3) is 6.59. The van der Waals surface area contributed by atoms with E-state index in [1.54, 1.807) is 7.11 Å². The molecule has 8 heteroatoms. The van der Waals surface area contributed by atoms with Gasteiger partial charge in [-0.3, -0.25) is 14.6 Å². The second-order valence-corrected chi connectivity index (χ2v) is 8.03. The predicted octanol–water partition coefficient (Wildman–Crippen LogP) is 0.992. The van der Waals surface area contributed by atoms with Crippen LogP contribution in [-0.4, -0.2) is 79.9 Å². The van der Waals surface area contributed by atoms with Gasteiger partial charge in [-0.1, -0.05) is 6.07 Å². The molecule has 0 bridgehead atoms. The van der Waals surface area contributed by atoms with Crippen LogP contribution in [0.25, 0.3) is 0 Å². The molecule has 0 saturated carbocycles. The first-order valence-corrected chi connectivity index (χ1v) is 10.7. The molecule has 1 aromatic rings. The van der Waals surface area contributed by atoms with Crippen molar-refractivity contribution in [3.63, 3.8) is 0 Å². The lowest BCUT2D eigenvalue weighted by Crippen LogP contribution is -2.37. The molecule has 2 aliphatic rings. The number of ether oxygens (including phenoxy) is 2. The minimum absolute atomic E-state index is 0.0579. The van der Waals surface area contributed by atoms with Crippen LogP contribution in [0.3, 0.4) is 0 Å². The number of methoxy groups -OCH3 is 1. The van der Waals surface area contributed by atoms with Gasteiger partial charge in [0.1, 0.15) is 12.7 Å². The van der Waals surface area contributed by atoms with Gasteiger partial charge in [-0.2, -0.15) is 5.26 Å². The fourth-order valence-corrected chi connectivity index (χ4v) is 3.94. The van der Waals surface area contributed by atoms with E-state index in [0.717, 1.165) is 44.6 Å². The van der Waals surface area contributed by atoms with Crippen molar-refractivity contribution in [2.24, 2.45) is 5.92 Å². The fraction of sp³-hybridized carbons (Fsp3) is 0.636. The standard InChI is InChI=1S/C22H32N4O4/c1-29-21-12-18(14-25-8-4-17(13-23)5-9-25)2-3-20(21)30-16-19(27)15-26-10-6-22(28)24-7-11-26/h2-3,12,17,19,27H,4-11,14-16H2,1H3,(H,24,28). The van der Waals surface area contributed by atoms with Gasteiger partial charge in [0.25, 0.3) is 0 Å². The summed E-state index contributed by atoms with van der Waals surface area (Å²) in [4.78, 5) is 15.8. The molecule has 0 spiro atoms. The topological polar surface area (TPSA) is 98.1 Å². The Morgan fingerprint density at radius 2 is 2.03 bits per heavy atom. The van der Waals surface area contributed by atoms with Crippen molar-refractivity contribution in [2.75, 3.05) is 53.0 Å². The largest absolute Gasteiger partial charge is 0.493 e. The Kier molecular flexibility index (Phi) is 8.31. The number of piperidine rings is 1. The van der Waals surface area contributed by atoms with E-state index in [4.69, 9.17) is 14.7 Å². The van der Waals surface area contributed by atoms with E-state index in [2.05, 4.69) is 21.2 Å². The van der Waals surface area contributed by atoms with Crippen LogP contribution in [0.15, 0.2) is 18.2 Å². The van der Waals surface area contributed by atoms with Crippen LogP contribution in [0.1, 0.15) is 24.8 Å². The summed E-state index contributed by atoms with van der Waals surface area (Å²) in [5.41, 5.74) is 1.14. The highest BCUT2D eigenvalue weighted by atomic mass is 16.5. The number of aliphatic hydroxyl groups is 1. The summed E-state index contributed by atoms with van der Waals surface area (Å²) < 4.78 is 11.3. The summed E-state index contributed by atoms with van der Waals surface area (Å²) in [7, 11) is 1.61. The van der Waals surface area contributed by atoms with Crippen LogP contribution in [0.2, 0.25) is 0 Å². The van der Waals surface area contributed by atoms with Crippen LogP contribution in [0.4, 0.5) is 0 Å². The Labute approximate surface area is 178 Å². The maximum absolute atomic E-state index is 11.4. The Bertz CT molecular complexity index is 743. The Hall–Kier alpha value is -2.34. The number of nitrogens with one attached hydrogen (secondary N) is 1. The third-order valence-corrected chi connectivity index (χ3v) is 5.71. The smallest absolute Gasteiger partial charge is 0.221 e. The molecule has 2 aliphatic heterocycles. The monoisotopic (exact) mass is 416 g/mol. The van der Waals surface area contributed by atoms with Gasteiger partial charge in [0.15, 0.2) is 11.5 Å². The van der Waals surface area contributed by atoms with Crippen LogP contribution in [0, 0.1) is 17.2 Å². The molecule has 2 saturated heterocycles. The second-order valence-electron chi connectivity index (χ2n) is 8.03. The SMILES string of the molecule is COc1cc(CN2CCC(C#N)CC2)ccc1OCC(O)CN1CCNC(=O)CC1. The molecular weight excluding hydrogens is 384 g/mol. The van der Waals surface area contributed by atoms with Crippen molar-refractivity contribution < 1.29 is 19.4 Å².